The minimum absolute atomic E-state index is 0.0610. The van der Waals surface area contributed by atoms with E-state index < -0.39 is 10.0 Å². The number of nitrogens with zero attached hydrogens (tertiary/aromatic N) is 4. The molecule has 2 aromatic rings. The van der Waals surface area contributed by atoms with Gasteiger partial charge in [-0.2, -0.15) is 10.1 Å². The SMILES string of the molecule is CCn1cc(S(=O)(=O)NC2CCC(c3ncno3)CC2)cn1. The third-order valence-corrected chi connectivity index (χ3v) is 5.50. The van der Waals surface area contributed by atoms with Gasteiger partial charge in [-0.25, -0.2) is 13.1 Å². The first kappa shape index (κ1) is 15.2. The van der Waals surface area contributed by atoms with Crippen molar-refractivity contribution in [3.8, 4) is 0 Å². The van der Waals surface area contributed by atoms with Gasteiger partial charge in [0.15, 0.2) is 6.33 Å². The third kappa shape index (κ3) is 3.20. The van der Waals surface area contributed by atoms with Crippen molar-refractivity contribution in [1.29, 1.82) is 0 Å². The van der Waals surface area contributed by atoms with E-state index in [9.17, 15) is 8.42 Å². The fourth-order valence-electron chi connectivity index (χ4n) is 2.76. The summed E-state index contributed by atoms with van der Waals surface area (Å²) in [6, 6.07) is -0.0610. The fourth-order valence-corrected chi connectivity index (χ4v) is 4.02. The van der Waals surface area contributed by atoms with Crippen molar-refractivity contribution >= 4 is 10.0 Å². The number of aryl methyl sites for hydroxylation is 1. The molecule has 0 aromatic carbocycles. The van der Waals surface area contributed by atoms with E-state index in [0.717, 1.165) is 25.7 Å². The molecule has 0 saturated heterocycles. The summed E-state index contributed by atoms with van der Waals surface area (Å²) in [4.78, 5) is 4.29. The number of aromatic nitrogens is 4. The van der Waals surface area contributed by atoms with Crippen molar-refractivity contribution in [1.82, 2.24) is 24.6 Å². The van der Waals surface area contributed by atoms with Crippen LogP contribution in [0.25, 0.3) is 0 Å². The van der Waals surface area contributed by atoms with Crippen LogP contribution in [0.4, 0.5) is 0 Å². The van der Waals surface area contributed by atoms with Crippen molar-refractivity contribution in [2.45, 2.75) is 56.0 Å². The highest BCUT2D eigenvalue weighted by atomic mass is 32.2. The summed E-state index contributed by atoms with van der Waals surface area (Å²) < 4.78 is 34.1. The Morgan fingerprint density at radius 2 is 2.14 bits per heavy atom. The van der Waals surface area contributed by atoms with Crippen molar-refractivity contribution < 1.29 is 12.9 Å². The number of rotatable bonds is 5. The second-order valence-corrected chi connectivity index (χ2v) is 7.20. The molecule has 22 heavy (non-hydrogen) atoms. The summed E-state index contributed by atoms with van der Waals surface area (Å²) >= 11 is 0. The van der Waals surface area contributed by atoms with E-state index in [-0.39, 0.29) is 16.9 Å². The summed E-state index contributed by atoms with van der Waals surface area (Å²) in [6.07, 6.45) is 7.52. The lowest BCUT2D eigenvalue weighted by atomic mass is 9.86. The lowest BCUT2D eigenvalue weighted by Crippen LogP contribution is -2.37. The van der Waals surface area contributed by atoms with Gasteiger partial charge in [-0.1, -0.05) is 5.16 Å². The van der Waals surface area contributed by atoms with Crippen molar-refractivity contribution in [3.05, 3.63) is 24.6 Å². The van der Waals surface area contributed by atoms with Crippen molar-refractivity contribution in [3.63, 3.8) is 0 Å². The number of sulfonamides is 1. The molecule has 0 aliphatic heterocycles. The Kier molecular flexibility index (Phi) is 4.25. The largest absolute Gasteiger partial charge is 0.339 e. The molecule has 0 amide bonds. The molecule has 2 heterocycles. The van der Waals surface area contributed by atoms with Gasteiger partial charge in [0.2, 0.25) is 15.9 Å². The van der Waals surface area contributed by atoms with E-state index in [4.69, 9.17) is 4.52 Å². The molecule has 120 valence electrons. The number of hydrogen-bond donors (Lipinski definition) is 1. The van der Waals surface area contributed by atoms with Gasteiger partial charge >= 0.3 is 0 Å². The quantitative estimate of drug-likeness (QED) is 0.888. The van der Waals surface area contributed by atoms with Crippen molar-refractivity contribution in [2.75, 3.05) is 0 Å². The van der Waals surface area contributed by atoms with E-state index in [1.807, 2.05) is 6.92 Å². The monoisotopic (exact) mass is 325 g/mol. The molecule has 0 bridgehead atoms. The van der Waals surface area contributed by atoms with Crippen LogP contribution in [0.5, 0.6) is 0 Å². The number of nitrogens with one attached hydrogen (secondary N) is 1. The van der Waals surface area contributed by atoms with Crippen LogP contribution in [-0.4, -0.2) is 34.4 Å². The normalized spacial score (nSPS) is 22.8. The van der Waals surface area contributed by atoms with Gasteiger partial charge in [0.1, 0.15) is 4.90 Å². The van der Waals surface area contributed by atoms with Gasteiger partial charge in [-0.05, 0) is 32.6 Å². The zero-order chi connectivity index (χ0) is 15.6. The molecular weight excluding hydrogens is 306 g/mol. The molecule has 0 atom stereocenters. The van der Waals surface area contributed by atoms with Gasteiger partial charge in [0.05, 0.1) is 6.20 Å². The lowest BCUT2D eigenvalue weighted by molar-refractivity contribution is 0.294. The van der Waals surface area contributed by atoms with Crippen molar-refractivity contribution in [2.24, 2.45) is 0 Å². The van der Waals surface area contributed by atoms with Crippen LogP contribution in [0.2, 0.25) is 0 Å². The van der Waals surface area contributed by atoms with Crippen LogP contribution in [0.3, 0.4) is 0 Å². The minimum atomic E-state index is -3.51. The molecule has 3 rings (SSSR count). The summed E-state index contributed by atoms with van der Waals surface area (Å²) in [7, 11) is -3.51. The predicted molar refractivity (Wildman–Crippen MR) is 77.5 cm³/mol. The minimum Gasteiger partial charge on any atom is -0.339 e. The Hall–Kier alpha value is -1.74. The molecule has 2 aromatic heterocycles. The second-order valence-electron chi connectivity index (χ2n) is 5.48. The molecule has 1 saturated carbocycles. The van der Waals surface area contributed by atoms with Gasteiger partial charge in [-0.3, -0.25) is 4.68 Å². The smallest absolute Gasteiger partial charge is 0.243 e. The maximum atomic E-state index is 12.3. The first-order chi connectivity index (χ1) is 10.6. The highest BCUT2D eigenvalue weighted by Crippen LogP contribution is 2.32. The van der Waals surface area contributed by atoms with E-state index in [0.29, 0.717) is 12.4 Å². The summed E-state index contributed by atoms with van der Waals surface area (Å²) in [5, 5.41) is 7.63. The van der Waals surface area contributed by atoms with Crippen LogP contribution >= 0.6 is 0 Å². The van der Waals surface area contributed by atoms with Crippen LogP contribution in [0.1, 0.15) is 44.4 Å². The molecule has 1 fully saturated rings. The van der Waals surface area contributed by atoms with E-state index >= 15 is 0 Å². The molecule has 9 heteroatoms. The summed E-state index contributed by atoms with van der Waals surface area (Å²) in [5.41, 5.74) is 0. The summed E-state index contributed by atoms with van der Waals surface area (Å²) in [6.45, 7) is 2.56. The average Bonchev–Trinajstić information content (AvgIpc) is 3.19. The topological polar surface area (TPSA) is 103 Å². The second kappa shape index (κ2) is 6.17. The van der Waals surface area contributed by atoms with Crippen LogP contribution in [0, 0.1) is 0 Å². The lowest BCUT2D eigenvalue weighted by Gasteiger charge is -2.26. The van der Waals surface area contributed by atoms with Crippen LogP contribution in [-0.2, 0) is 16.6 Å². The van der Waals surface area contributed by atoms with E-state index in [2.05, 4.69) is 20.0 Å². The molecule has 8 nitrogen and oxygen atoms in total. The first-order valence-electron chi connectivity index (χ1n) is 7.40. The van der Waals surface area contributed by atoms with Gasteiger partial charge < -0.3 is 4.52 Å². The standard InChI is InChI=1S/C13H19N5O3S/c1-2-18-8-12(7-15-18)22(19,20)17-11-5-3-10(4-6-11)13-14-9-16-21-13/h7-11,17H,2-6H2,1H3. The molecule has 0 radical (unpaired) electrons. The van der Waals surface area contributed by atoms with E-state index in [1.54, 1.807) is 10.9 Å². The van der Waals surface area contributed by atoms with E-state index in [1.165, 1.54) is 12.5 Å². The van der Waals surface area contributed by atoms with Gasteiger partial charge in [0.25, 0.3) is 0 Å². The molecule has 1 aliphatic rings. The first-order valence-corrected chi connectivity index (χ1v) is 8.88. The fraction of sp³-hybridized carbons (Fsp3) is 0.615. The number of hydrogen-bond acceptors (Lipinski definition) is 6. The van der Waals surface area contributed by atoms with Gasteiger partial charge in [0, 0.05) is 24.7 Å². The maximum Gasteiger partial charge on any atom is 0.243 e. The third-order valence-electron chi connectivity index (χ3n) is 4.02. The predicted octanol–water partition coefficient (Wildman–Crippen LogP) is 1.29. The molecule has 0 unspecified atom stereocenters. The highest BCUT2D eigenvalue weighted by molar-refractivity contribution is 7.89. The highest BCUT2D eigenvalue weighted by Gasteiger charge is 2.29. The zero-order valence-electron chi connectivity index (χ0n) is 12.3. The zero-order valence-corrected chi connectivity index (χ0v) is 13.2. The average molecular weight is 325 g/mol. The molecular formula is C13H19N5O3S. The Bertz CT molecular complexity index is 702. The van der Waals surface area contributed by atoms with Crippen LogP contribution < -0.4 is 4.72 Å². The van der Waals surface area contributed by atoms with Crippen LogP contribution in [0.15, 0.2) is 28.1 Å². The Labute approximate surface area is 129 Å². The molecule has 1 aliphatic carbocycles. The molecule has 1 N–H and O–H groups in total. The Morgan fingerprint density at radius 3 is 2.73 bits per heavy atom. The summed E-state index contributed by atoms with van der Waals surface area (Å²) in [5.74, 6) is 0.872. The van der Waals surface area contributed by atoms with Gasteiger partial charge in [-0.15, -0.1) is 0 Å². The maximum absolute atomic E-state index is 12.3. The Balaban J connectivity index is 1.60. The molecule has 0 spiro atoms. The Morgan fingerprint density at radius 1 is 1.36 bits per heavy atom.